The highest BCUT2D eigenvalue weighted by atomic mass is 16.5. The van der Waals surface area contributed by atoms with Gasteiger partial charge in [-0.2, -0.15) is 0 Å². The zero-order chi connectivity index (χ0) is 19.9. The van der Waals surface area contributed by atoms with E-state index in [-0.39, 0.29) is 24.5 Å². The highest BCUT2D eigenvalue weighted by Crippen LogP contribution is 2.19. The van der Waals surface area contributed by atoms with Crippen molar-refractivity contribution in [3.63, 3.8) is 0 Å². The minimum absolute atomic E-state index is 0.0156. The third-order valence-corrected chi connectivity index (χ3v) is 4.08. The molecule has 0 saturated heterocycles. The van der Waals surface area contributed by atoms with Crippen LogP contribution in [-0.4, -0.2) is 36.0 Å². The number of benzene rings is 1. The largest absolute Gasteiger partial charge is 0.465 e. The fourth-order valence-electron chi connectivity index (χ4n) is 3.07. The van der Waals surface area contributed by atoms with Gasteiger partial charge in [0.05, 0.1) is 6.61 Å². The van der Waals surface area contributed by atoms with Gasteiger partial charge in [-0.3, -0.25) is 9.59 Å². The Hall–Kier alpha value is -1.84. The highest BCUT2D eigenvalue weighted by molar-refractivity contribution is 5.96. The van der Waals surface area contributed by atoms with Crippen molar-refractivity contribution in [3.8, 4) is 0 Å². The number of ether oxygens (including phenoxy) is 1. The van der Waals surface area contributed by atoms with Gasteiger partial charge in [-0.1, -0.05) is 33.8 Å². The van der Waals surface area contributed by atoms with E-state index in [2.05, 4.69) is 33.8 Å². The van der Waals surface area contributed by atoms with Gasteiger partial charge >= 0.3 is 5.97 Å². The summed E-state index contributed by atoms with van der Waals surface area (Å²) in [7, 11) is 0. The first-order valence-corrected chi connectivity index (χ1v) is 9.73. The lowest BCUT2D eigenvalue weighted by Gasteiger charge is -2.26. The number of rotatable bonds is 9. The summed E-state index contributed by atoms with van der Waals surface area (Å²) in [5.41, 5.74) is 3.03. The second kappa shape index (κ2) is 10.3. The molecule has 0 aliphatic heterocycles. The maximum Gasteiger partial charge on any atom is 0.325 e. The summed E-state index contributed by atoms with van der Waals surface area (Å²) < 4.78 is 5.03. The fraction of sp³-hybridized carbons (Fsp3) is 0.636. The molecule has 26 heavy (non-hydrogen) atoms. The van der Waals surface area contributed by atoms with Crippen molar-refractivity contribution in [1.82, 2.24) is 4.90 Å². The Balaban J connectivity index is 3.18. The number of nitrogens with zero attached hydrogens (tertiary/aromatic N) is 1. The smallest absolute Gasteiger partial charge is 0.325 e. The lowest BCUT2D eigenvalue weighted by Crippen LogP contribution is -2.41. The van der Waals surface area contributed by atoms with Crippen LogP contribution in [0.4, 0.5) is 0 Å². The van der Waals surface area contributed by atoms with E-state index >= 15 is 0 Å². The van der Waals surface area contributed by atoms with Crippen molar-refractivity contribution < 1.29 is 14.3 Å². The molecule has 0 heterocycles. The number of carbonyl (C=O) groups excluding carboxylic acids is 2. The van der Waals surface area contributed by atoms with Crippen LogP contribution in [0.2, 0.25) is 0 Å². The molecule has 0 spiro atoms. The summed E-state index contributed by atoms with van der Waals surface area (Å²) in [6.45, 7) is 14.6. The van der Waals surface area contributed by atoms with Gasteiger partial charge in [0.15, 0.2) is 0 Å². The molecule has 0 fully saturated rings. The average molecular weight is 362 g/mol. The molecule has 1 amide bonds. The monoisotopic (exact) mass is 361 g/mol. The van der Waals surface area contributed by atoms with Crippen LogP contribution >= 0.6 is 0 Å². The van der Waals surface area contributed by atoms with E-state index in [1.807, 2.05) is 26.0 Å². The lowest BCUT2D eigenvalue weighted by molar-refractivity contribution is -0.144. The van der Waals surface area contributed by atoms with Gasteiger partial charge < -0.3 is 9.64 Å². The average Bonchev–Trinajstić information content (AvgIpc) is 2.50. The van der Waals surface area contributed by atoms with Crippen LogP contribution in [0, 0.1) is 11.8 Å². The summed E-state index contributed by atoms with van der Waals surface area (Å²) >= 11 is 0. The van der Waals surface area contributed by atoms with Gasteiger partial charge in [-0.05, 0) is 68.7 Å². The van der Waals surface area contributed by atoms with E-state index in [0.29, 0.717) is 24.0 Å². The first-order valence-electron chi connectivity index (χ1n) is 9.73. The maximum absolute atomic E-state index is 13.1. The van der Waals surface area contributed by atoms with E-state index in [4.69, 9.17) is 4.74 Å². The molecule has 146 valence electrons. The van der Waals surface area contributed by atoms with Crippen molar-refractivity contribution in [2.45, 2.75) is 67.3 Å². The van der Waals surface area contributed by atoms with E-state index in [9.17, 15) is 9.59 Å². The molecular formula is C22H35NO3. The predicted molar refractivity (Wildman–Crippen MR) is 106 cm³/mol. The molecule has 0 N–H and O–H groups in total. The Bertz CT molecular complexity index is 577. The number of hydrogen-bond donors (Lipinski definition) is 0. The van der Waals surface area contributed by atoms with Crippen LogP contribution in [0.1, 0.15) is 70.0 Å². The molecule has 1 aromatic carbocycles. The maximum atomic E-state index is 13.1. The molecule has 4 heteroatoms. The molecule has 0 unspecified atom stereocenters. The van der Waals surface area contributed by atoms with Crippen LogP contribution < -0.4 is 0 Å². The van der Waals surface area contributed by atoms with Crippen molar-refractivity contribution in [2.75, 3.05) is 13.2 Å². The summed E-state index contributed by atoms with van der Waals surface area (Å²) in [4.78, 5) is 26.6. The van der Waals surface area contributed by atoms with Gasteiger partial charge in [0, 0.05) is 11.6 Å². The molecule has 0 aliphatic carbocycles. The highest BCUT2D eigenvalue weighted by Gasteiger charge is 2.23. The SMILES string of the molecule is CCOC(=O)CN(C(=O)c1cc(CC(C)C)cc(CC(C)C)c1)C(C)C. The third-order valence-electron chi connectivity index (χ3n) is 4.08. The van der Waals surface area contributed by atoms with Crippen LogP contribution in [0.5, 0.6) is 0 Å². The quantitative estimate of drug-likeness (QED) is 0.609. The first kappa shape index (κ1) is 22.2. The van der Waals surface area contributed by atoms with Crippen LogP contribution in [0.15, 0.2) is 18.2 Å². The standard InChI is InChI=1S/C22H35NO3/c1-8-26-21(24)14-23(17(6)7)22(25)20-12-18(9-15(2)3)11-19(13-20)10-16(4)5/h11-13,15-17H,8-10,14H2,1-7H3. The molecule has 4 nitrogen and oxygen atoms in total. The van der Waals surface area contributed by atoms with Crippen LogP contribution in [0.25, 0.3) is 0 Å². The van der Waals surface area contributed by atoms with Crippen molar-refractivity contribution >= 4 is 11.9 Å². The van der Waals surface area contributed by atoms with Crippen LogP contribution in [-0.2, 0) is 22.4 Å². The van der Waals surface area contributed by atoms with E-state index in [0.717, 1.165) is 12.8 Å². The molecule has 1 rings (SSSR count). The normalized spacial score (nSPS) is 11.3. The number of esters is 1. The Labute approximate surface area is 158 Å². The molecular weight excluding hydrogens is 326 g/mol. The summed E-state index contributed by atoms with van der Waals surface area (Å²) in [5.74, 6) is 0.569. The molecule has 0 bridgehead atoms. The lowest BCUT2D eigenvalue weighted by atomic mass is 9.94. The van der Waals surface area contributed by atoms with Crippen LogP contribution in [0.3, 0.4) is 0 Å². The Morgan fingerprint density at radius 3 is 1.81 bits per heavy atom. The van der Waals surface area contributed by atoms with Gasteiger partial charge in [0.25, 0.3) is 5.91 Å². The summed E-state index contributed by atoms with van der Waals surface area (Å²) in [6.07, 6.45) is 1.87. The van der Waals surface area contributed by atoms with Crippen molar-refractivity contribution in [3.05, 3.63) is 34.9 Å². The molecule has 0 atom stereocenters. The Kier molecular flexibility index (Phi) is 8.83. The Morgan fingerprint density at radius 1 is 0.923 bits per heavy atom. The van der Waals surface area contributed by atoms with Gasteiger partial charge in [-0.25, -0.2) is 0 Å². The molecule has 1 aromatic rings. The predicted octanol–water partition coefficient (Wildman–Crippen LogP) is 4.50. The summed E-state index contributed by atoms with van der Waals surface area (Å²) in [5, 5.41) is 0. The number of carbonyl (C=O) groups is 2. The fourth-order valence-corrected chi connectivity index (χ4v) is 3.07. The molecule has 0 radical (unpaired) electrons. The van der Waals surface area contributed by atoms with Crippen molar-refractivity contribution in [1.29, 1.82) is 0 Å². The van der Waals surface area contributed by atoms with Gasteiger partial charge in [-0.15, -0.1) is 0 Å². The topological polar surface area (TPSA) is 46.6 Å². The third kappa shape index (κ3) is 7.19. The minimum Gasteiger partial charge on any atom is -0.465 e. The zero-order valence-electron chi connectivity index (χ0n) is 17.5. The van der Waals surface area contributed by atoms with Gasteiger partial charge in [0.2, 0.25) is 0 Å². The number of amides is 1. The Morgan fingerprint density at radius 2 is 1.42 bits per heavy atom. The second-order valence-corrected chi connectivity index (χ2v) is 8.07. The summed E-state index contributed by atoms with van der Waals surface area (Å²) in [6, 6.07) is 6.09. The van der Waals surface area contributed by atoms with Gasteiger partial charge in [0.1, 0.15) is 6.54 Å². The van der Waals surface area contributed by atoms with E-state index < -0.39 is 0 Å². The van der Waals surface area contributed by atoms with E-state index in [1.54, 1.807) is 11.8 Å². The molecule has 0 saturated carbocycles. The van der Waals surface area contributed by atoms with Crippen molar-refractivity contribution in [2.24, 2.45) is 11.8 Å². The number of hydrogen-bond acceptors (Lipinski definition) is 3. The molecule has 0 aromatic heterocycles. The first-order chi connectivity index (χ1) is 12.1. The zero-order valence-corrected chi connectivity index (χ0v) is 17.5. The molecule has 0 aliphatic rings. The minimum atomic E-state index is -0.365. The second-order valence-electron chi connectivity index (χ2n) is 8.07. The van der Waals surface area contributed by atoms with E-state index in [1.165, 1.54) is 11.1 Å².